The van der Waals surface area contributed by atoms with E-state index in [1.54, 1.807) is 0 Å². The lowest BCUT2D eigenvalue weighted by Gasteiger charge is -2.28. The molecule has 30 heavy (non-hydrogen) atoms. The van der Waals surface area contributed by atoms with Crippen LogP contribution in [0.15, 0.2) is 115 Å². The Morgan fingerprint density at radius 3 is 1.80 bits per heavy atom. The van der Waals surface area contributed by atoms with E-state index in [2.05, 4.69) is 115 Å². The summed E-state index contributed by atoms with van der Waals surface area (Å²) >= 11 is 1.97. The minimum Gasteiger partial charge on any atom is -0.112 e. The zero-order valence-corrected chi connectivity index (χ0v) is 17.3. The van der Waals surface area contributed by atoms with Crippen molar-refractivity contribution in [2.24, 2.45) is 0 Å². The molecule has 0 aromatic heterocycles. The van der Waals surface area contributed by atoms with Gasteiger partial charge in [-0.25, -0.2) is 0 Å². The summed E-state index contributed by atoms with van der Waals surface area (Å²) in [5.74, 6) is 0. The second-order valence-electron chi connectivity index (χ2n) is 7.70. The van der Waals surface area contributed by atoms with Gasteiger partial charge in [-0.2, -0.15) is 0 Å². The van der Waals surface area contributed by atoms with E-state index in [1.165, 1.54) is 49.4 Å². The van der Waals surface area contributed by atoms with E-state index >= 15 is 0 Å². The topological polar surface area (TPSA) is 0 Å². The Hall–Kier alpha value is -3.29. The maximum absolute atomic E-state index is 2.41. The zero-order valence-electron chi connectivity index (χ0n) is 16.5. The molecule has 1 heteroatoms. The van der Waals surface area contributed by atoms with Crippen molar-refractivity contribution in [3.63, 3.8) is 0 Å². The highest BCUT2D eigenvalue weighted by Gasteiger charge is 2.33. The van der Waals surface area contributed by atoms with Crippen LogP contribution in [0, 0.1) is 0 Å². The van der Waals surface area contributed by atoms with Gasteiger partial charge in [-0.15, -0.1) is 11.8 Å². The lowest BCUT2D eigenvalue weighted by molar-refractivity contribution is 1.26. The van der Waals surface area contributed by atoms with Crippen LogP contribution in [-0.2, 0) is 0 Å². The minimum absolute atomic E-state index is 0.256. The molecular weight excluding hydrogens is 380 g/mol. The van der Waals surface area contributed by atoms with Crippen LogP contribution in [0.4, 0.5) is 0 Å². The van der Waals surface area contributed by atoms with Crippen LogP contribution in [0.2, 0.25) is 0 Å². The minimum atomic E-state index is 0.256. The molecule has 142 valence electrons. The van der Waals surface area contributed by atoms with Gasteiger partial charge in [0.2, 0.25) is 0 Å². The zero-order chi connectivity index (χ0) is 19.9. The molecule has 0 radical (unpaired) electrons. The molecule has 0 spiro atoms. The quantitative estimate of drug-likeness (QED) is 0.327. The predicted octanol–water partition coefficient (Wildman–Crippen LogP) is 8.11. The summed E-state index contributed by atoms with van der Waals surface area (Å²) in [6.45, 7) is 0. The number of hydrogen-bond acceptors (Lipinski definition) is 1. The van der Waals surface area contributed by atoms with E-state index in [4.69, 9.17) is 0 Å². The summed E-state index contributed by atoms with van der Waals surface area (Å²) in [5.41, 5.74) is 10.7. The lowest BCUT2D eigenvalue weighted by Crippen LogP contribution is -2.04. The summed E-state index contributed by atoms with van der Waals surface area (Å²) in [6.07, 6.45) is 2.41. The average molecular weight is 401 g/mol. The standard InChI is InChI=1S/C29H20S/c1-3-11-20(12-4-1)27-19-26-24-17-8-7-15-22(24)23-16-9-10-18-25(23)29(30-27)28(26)21-13-5-2-6-14-21/h1-19,29H. The number of hydrogen-bond donors (Lipinski definition) is 0. The van der Waals surface area contributed by atoms with Crippen LogP contribution in [0.3, 0.4) is 0 Å². The molecule has 1 heterocycles. The molecule has 0 saturated heterocycles. The van der Waals surface area contributed by atoms with Crippen molar-refractivity contribution in [3.8, 4) is 11.1 Å². The summed E-state index contributed by atoms with van der Waals surface area (Å²) in [7, 11) is 0. The maximum atomic E-state index is 2.41. The molecule has 1 unspecified atom stereocenters. The molecule has 0 fully saturated rings. The van der Waals surface area contributed by atoms with E-state index in [-0.39, 0.29) is 5.25 Å². The third-order valence-corrected chi connectivity index (χ3v) is 7.30. The molecule has 2 bridgehead atoms. The molecule has 0 saturated carbocycles. The van der Waals surface area contributed by atoms with E-state index in [1.807, 2.05) is 11.8 Å². The molecule has 4 aromatic rings. The summed E-state index contributed by atoms with van der Waals surface area (Å²) < 4.78 is 0. The normalized spacial score (nSPS) is 16.9. The first kappa shape index (κ1) is 17.6. The highest BCUT2D eigenvalue weighted by atomic mass is 32.2. The van der Waals surface area contributed by atoms with Crippen molar-refractivity contribution in [2.45, 2.75) is 5.25 Å². The van der Waals surface area contributed by atoms with Crippen LogP contribution in [-0.4, -0.2) is 0 Å². The van der Waals surface area contributed by atoms with Gasteiger partial charge in [0.05, 0.1) is 5.25 Å². The SMILES string of the molecule is C1=C(c2ccccc2)SC2C(c3ccccc3)=C1c1ccccc1-c1ccccc12. The fourth-order valence-electron chi connectivity index (χ4n) is 4.61. The van der Waals surface area contributed by atoms with Gasteiger partial charge in [-0.3, -0.25) is 0 Å². The molecule has 1 aliphatic heterocycles. The average Bonchev–Trinajstić information content (AvgIpc) is 2.90. The Morgan fingerprint density at radius 1 is 0.500 bits per heavy atom. The van der Waals surface area contributed by atoms with Gasteiger partial charge in [0.1, 0.15) is 0 Å². The molecule has 0 nitrogen and oxygen atoms in total. The molecule has 1 atom stereocenters. The van der Waals surface area contributed by atoms with Crippen molar-refractivity contribution in [2.75, 3.05) is 0 Å². The largest absolute Gasteiger partial charge is 0.112 e. The number of benzene rings is 4. The molecule has 1 aliphatic carbocycles. The highest BCUT2D eigenvalue weighted by molar-refractivity contribution is 8.09. The van der Waals surface area contributed by atoms with Crippen LogP contribution in [0.1, 0.15) is 27.5 Å². The summed E-state index contributed by atoms with van der Waals surface area (Å²) in [5, 5.41) is 0.256. The highest BCUT2D eigenvalue weighted by Crippen LogP contribution is 2.58. The van der Waals surface area contributed by atoms with Gasteiger partial charge in [-0.1, -0.05) is 109 Å². The van der Waals surface area contributed by atoms with Crippen molar-refractivity contribution < 1.29 is 0 Å². The fraction of sp³-hybridized carbons (Fsp3) is 0.0345. The lowest BCUT2D eigenvalue weighted by atomic mass is 9.90. The van der Waals surface area contributed by atoms with E-state index in [0.717, 1.165) is 0 Å². The Kier molecular flexibility index (Phi) is 4.21. The van der Waals surface area contributed by atoms with Crippen molar-refractivity contribution in [1.82, 2.24) is 0 Å². The number of allylic oxidation sites excluding steroid dienone is 2. The molecule has 0 amide bonds. The smallest absolute Gasteiger partial charge is 0.0612 e. The summed E-state index contributed by atoms with van der Waals surface area (Å²) in [6, 6.07) is 39.5. The Balaban J connectivity index is 1.71. The fourth-order valence-corrected chi connectivity index (χ4v) is 6.04. The predicted molar refractivity (Wildman–Crippen MR) is 130 cm³/mol. The Labute approximate surface area is 181 Å². The van der Waals surface area contributed by atoms with Gasteiger partial charge in [-0.05, 0) is 50.6 Å². The van der Waals surface area contributed by atoms with E-state index in [0.29, 0.717) is 0 Å². The Morgan fingerprint density at radius 2 is 1.07 bits per heavy atom. The van der Waals surface area contributed by atoms with Crippen LogP contribution >= 0.6 is 11.8 Å². The molecular formula is C29H20S. The van der Waals surface area contributed by atoms with Crippen LogP contribution < -0.4 is 0 Å². The van der Waals surface area contributed by atoms with E-state index < -0.39 is 0 Å². The Bertz CT molecular complexity index is 1300. The van der Waals surface area contributed by atoms with Gasteiger partial charge < -0.3 is 0 Å². The monoisotopic (exact) mass is 400 g/mol. The van der Waals surface area contributed by atoms with Gasteiger partial charge in [0.25, 0.3) is 0 Å². The van der Waals surface area contributed by atoms with Crippen molar-refractivity contribution >= 4 is 27.8 Å². The molecule has 0 N–H and O–H groups in total. The van der Waals surface area contributed by atoms with Gasteiger partial charge in [0, 0.05) is 4.91 Å². The van der Waals surface area contributed by atoms with Crippen LogP contribution in [0.5, 0.6) is 0 Å². The first-order valence-corrected chi connectivity index (χ1v) is 11.2. The first-order valence-electron chi connectivity index (χ1n) is 10.3. The third-order valence-electron chi connectivity index (χ3n) is 5.97. The number of fused-ring (bicyclic) bond motifs is 6. The summed E-state index contributed by atoms with van der Waals surface area (Å²) in [4.78, 5) is 1.33. The van der Waals surface area contributed by atoms with E-state index in [9.17, 15) is 0 Å². The molecule has 2 aliphatic rings. The van der Waals surface area contributed by atoms with Crippen molar-refractivity contribution in [3.05, 3.63) is 138 Å². The second-order valence-corrected chi connectivity index (χ2v) is 8.85. The molecule has 4 aromatic carbocycles. The van der Waals surface area contributed by atoms with Crippen molar-refractivity contribution in [1.29, 1.82) is 0 Å². The van der Waals surface area contributed by atoms with Crippen LogP contribution in [0.25, 0.3) is 27.2 Å². The van der Waals surface area contributed by atoms with Gasteiger partial charge >= 0.3 is 0 Å². The third kappa shape index (κ3) is 2.78. The second kappa shape index (κ2) is 7.19. The maximum Gasteiger partial charge on any atom is 0.0612 e. The first-order chi connectivity index (χ1) is 14.9. The number of thioether (sulfide) groups is 1. The number of rotatable bonds is 2. The van der Waals surface area contributed by atoms with Gasteiger partial charge in [0.15, 0.2) is 0 Å². The molecule has 6 rings (SSSR count).